The number of hydrogen-bond acceptors (Lipinski definition) is 8. The summed E-state index contributed by atoms with van der Waals surface area (Å²) in [4.78, 5) is 23.7. The Bertz CT molecular complexity index is 791. The maximum Gasteiger partial charge on any atom is 0.306 e. The lowest BCUT2D eigenvalue weighted by Crippen LogP contribution is -2.07. The van der Waals surface area contributed by atoms with Crippen LogP contribution in [0.3, 0.4) is 0 Å². The minimum absolute atomic E-state index is 0.0176. The Morgan fingerprint density at radius 1 is 0.733 bits per heavy atom. The van der Waals surface area contributed by atoms with Crippen molar-refractivity contribution in [3.63, 3.8) is 0 Å². The average Bonchev–Trinajstić information content (AvgIpc) is 2.75. The van der Waals surface area contributed by atoms with E-state index >= 15 is 0 Å². The Balaban J connectivity index is 1.62. The average molecular weight is 418 g/mol. The van der Waals surface area contributed by atoms with E-state index in [9.17, 15) is 19.8 Å². The van der Waals surface area contributed by atoms with Crippen LogP contribution in [0.25, 0.3) is 0 Å². The number of unbranched alkanes of at least 4 members (excludes halogenated alkanes) is 1. The van der Waals surface area contributed by atoms with Crippen molar-refractivity contribution in [3.8, 4) is 23.0 Å². The molecule has 0 aliphatic rings. The Hall–Kier alpha value is -3.42. The van der Waals surface area contributed by atoms with Crippen molar-refractivity contribution < 1.29 is 38.7 Å². The van der Waals surface area contributed by atoms with Crippen LogP contribution >= 0.6 is 0 Å². The van der Waals surface area contributed by atoms with Crippen LogP contribution < -0.4 is 9.47 Å². The Morgan fingerprint density at radius 3 is 1.50 bits per heavy atom. The molecule has 162 valence electrons. The Kier molecular flexibility index (Phi) is 8.80. The van der Waals surface area contributed by atoms with E-state index in [0.29, 0.717) is 35.5 Å². The summed E-state index contributed by atoms with van der Waals surface area (Å²) in [6.45, 7) is 0.154. The van der Waals surface area contributed by atoms with Gasteiger partial charge >= 0.3 is 11.9 Å². The first-order chi connectivity index (χ1) is 14.4. The molecule has 0 saturated heterocycles. The van der Waals surface area contributed by atoms with Crippen LogP contribution in [0.4, 0.5) is 0 Å². The maximum atomic E-state index is 11.8. The second kappa shape index (κ2) is 11.5. The summed E-state index contributed by atoms with van der Waals surface area (Å²) in [7, 11) is 2.88. The smallest absolute Gasteiger partial charge is 0.306 e. The summed E-state index contributed by atoms with van der Waals surface area (Å²) in [5, 5.41) is 19.1. The van der Waals surface area contributed by atoms with Gasteiger partial charge in [0, 0.05) is 12.8 Å². The third-order valence-electron chi connectivity index (χ3n) is 4.30. The van der Waals surface area contributed by atoms with Gasteiger partial charge < -0.3 is 29.2 Å². The summed E-state index contributed by atoms with van der Waals surface area (Å²) >= 11 is 0. The van der Waals surface area contributed by atoms with Crippen molar-refractivity contribution in [2.24, 2.45) is 0 Å². The van der Waals surface area contributed by atoms with E-state index in [1.807, 2.05) is 0 Å². The second-order valence-corrected chi connectivity index (χ2v) is 6.54. The van der Waals surface area contributed by atoms with Gasteiger partial charge in [-0.3, -0.25) is 9.59 Å². The number of esters is 2. The van der Waals surface area contributed by atoms with Gasteiger partial charge in [0.1, 0.15) is 13.2 Å². The molecule has 0 unspecified atom stereocenters. The molecule has 0 radical (unpaired) electrons. The monoisotopic (exact) mass is 418 g/mol. The predicted molar refractivity (Wildman–Crippen MR) is 107 cm³/mol. The van der Waals surface area contributed by atoms with Gasteiger partial charge in [0.15, 0.2) is 23.0 Å². The number of rotatable bonds is 11. The normalized spacial score (nSPS) is 10.3. The maximum absolute atomic E-state index is 11.8. The first-order valence-corrected chi connectivity index (χ1v) is 9.46. The first kappa shape index (κ1) is 22.9. The highest BCUT2D eigenvalue weighted by Crippen LogP contribution is 2.27. The molecule has 0 spiro atoms. The fraction of sp³-hybridized carbons (Fsp3) is 0.364. The zero-order valence-corrected chi connectivity index (χ0v) is 17.1. The van der Waals surface area contributed by atoms with Crippen molar-refractivity contribution in [2.45, 2.75) is 38.9 Å². The number of carbonyl (C=O) groups is 2. The molecule has 0 fully saturated rings. The molecule has 30 heavy (non-hydrogen) atoms. The summed E-state index contributed by atoms with van der Waals surface area (Å²) in [5.74, 6) is -0.0770. The van der Waals surface area contributed by atoms with Crippen molar-refractivity contribution >= 4 is 11.9 Å². The van der Waals surface area contributed by atoms with Crippen LogP contribution in [0.5, 0.6) is 23.0 Å². The second-order valence-electron chi connectivity index (χ2n) is 6.54. The fourth-order valence-corrected chi connectivity index (χ4v) is 2.63. The van der Waals surface area contributed by atoms with Crippen LogP contribution in [0.15, 0.2) is 36.4 Å². The molecule has 0 saturated carbocycles. The lowest BCUT2D eigenvalue weighted by molar-refractivity contribution is -0.147. The van der Waals surface area contributed by atoms with Gasteiger partial charge in [-0.2, -0.15) is 0 Å². The highest BCUT2D eigenvalue weighted by atomic mass is 16.5. The summed E-state index contributed by atoms with van der Waals surface area (Å²) < 4.78 is 20.4. The van der Waals surface area contributed by atoms with E-state index in [-0.39, 0.29) is 49.5 Å². The van der Waals surface area contributed by atoms with Gasteiger partial charge in [-0.05, 0) is 48.2 Å². The van der Waals surface area contributed by atoms with E-state index in [4.69, 9.17) is 18.9 Å². The first-order valence-electron chi connectivity index (χ1n) is 9.46. The van der Waals surface area contributed by atoms with E-state index < -0.39 is 0 Å². The van der Waals surface area contributed by atoms with Crippen LogP contribution in [0.2, 0.25) is 0 Å². The minimum Gasteiger partial charge on any atom is -0.504 e. The summed E-state index contributed by atoms with van der Waals surface area (Å²) in [6.07, 6.45) is 1.38. The molecule has 8 heteroatoms. The third-order valence-corrected chi connectivity index (χ3v) is 4.30. The minimum atomic E-state index is -0.369. The molecule has 2 aromatic rings. The highest BCUT2D eigenvalue weighted by Gasteiger charge is 2.09. The zero-order chi connectivity index (χ0) is 21.9. The van der Waals surface area contributed by atoms with Crippen molar-refractivity contribution in [3.05, 3.63) is 47.5 Å². The SMILES string of the molecule is COc1cc(COC(=O)CCCCC(=O)OCc2ccc(O)c(OC)c2)ccc1O. The van der Waals surface area contributed by atoms with Gasteiger partial charge in [-0.25, -0.2) is 0 Å². The molecule has 0 bridgehead atoms. The molecule has 0 aromatic heterocycles. The quantitative estimate of drug-likeness (QED) is 0.422. The van der Waals surface area contributed by atoms with Crippen LogP contribution in [0.1, 0.15) is 36.8 Å². The summed E-state index contributed by atoms with van der Waals surface area (Å²) in [5.41, 5.74) is 1.40. The molecule has 0 amide bonds. The zero-order valence-electron chi connectivity index (χ0n) is 17.1. The number of benzene rings is 2. The fourth-order valence-electron chi connectivity index (χ4n) is 2.63. The molecular weight excluding hydrogens is 392 g/mol. The van der Waals surface area contributed by atoms with Crippen LogP contribution in [-0.2, 0) is 32.3 Å². The van der Waals surface area contributed by atoms with E-state index in [0.717, 1.165) is 0 Å². The van der Waals surface area contributed by atoms with E-state index in [2.05, 4.69) is 0 Å². The number of carbonyl (C=O) groups excluding carboxylic acids is 2. The topological polar surface area (TPSA) is 112 Å². The number of hydrogen-bond donors (Lipinski definition) is 2. The molecule has 0 atom stereocenters. The standard InChI is InChI=1S/C22H26O8/c1-27-19-11-15(7-9-17(19)23)13-29-21(25)5-3-4-6-22(26)30-14-16-8-10-18(24)20(12-16)28-2/h7-12,23-24H,3-6,13-14H2,1-2H3. The molecule has 8 nitrogen and oxygen atoms in total. The summed E-state index contributed by atoms with van der Waals surface area (Å²) in [6, 6.07) is 9.43. The van der Waals surface area contributed by atoms with Gasteiger partial charge in [0.2, 0.25) is 0 Å². The van der Waals surface area contributed by atoms with E-state index in [1.54, 1.807) is 24.3 Å². The number of ether oxygens (including phenoxy) is 4. The Morgan fingerprint density at radius 2 is 1.13 bits per heavy atom. The third kappa shape index (κ3) is 7.20. The van der Waals surface area contributed by atoms with Crippen LogP contribution in [-0.4, -0.2) is 36.4 Å². The lowest BCUT2D eigenvalue weighted by Gasteiger charge is -2.09. The van der Waals surface area contributed by atoms with Crippen molar-refractivity contribution in [2.75, 3.05) is 14.2 Å². The van der Waals surface area contributed by atoms with Crippen molar-refractivity contribution in [1.82, 2.24) is 0 Å². The lowest BCUT2D eigenvalue weighted by atomic mass is 10.2. The van der Waals surface area contributed by atoms with Gasteiger partial charge in [0.25, 0.3) is 0 Å². The molecule has 2 rings (SSSR count). The number of aromatic hydroxyl groups is 2. The van der Waals surface area contributed by atoms with Crippen molar-refractivity contribution in [1.29, 1.82) is 0 Å². The van der Waals surface area contributed by atoms with Gasteiger partial charge in [0.05, 0.1) is 14.2 Å². The number of phenols is 2. The molecule has 2 aromatic carbocycles. The number of methoxy groups -OCH3 is 2. The largest absolute Gasteiger partial charge is 0.504 e. The predicted octanol–water partition coefficient (Wildman–Crippen LogP) is 3.46. The molecule has 0 heterocycles. The van der Waals surface area contributed by atoms with Crippen LogP contribution in [0, 0.1) is 0 Å². The molecular formula is C22H26O8. The van der Waals surface area contributed by atoms with Gasteiger partial charge in [-0.1, -0.05) is 12.1 Å². The molecule has 0 aliphatic heterocycles. The highest BCUT2D eigenvalue weighted by molar-refractivity contribution is 5.70. The molecule has 0 aliphatic carbocycles. The number of phenolic OH excluding ortho intramolecular Hbond substituents is 2. The van der Waals surface area contributed by atoms with E-state index in [1.165, 1.54) is 26.4 Å². The van der Waals surface area contributed by atoms with Gasteiger partial charge in [-0.15, -0.1) is 0 Å². The molecule has 2 N–H and O–H groups in total. The Labute approximate surface area is 175 Å².